The van der Waals surface area contributed by atoms with E-state index in [9.17, 15) is 4.79 Å². The molecule has 0 bridgehead atoms. The summed E-state index contributed by atoms with van der Waals surface area (Å²) in [4.78, 5) is 11.9. The molecule has 0 rings (SSSR count). The quantitative estimate of drug-likeness (QED) is 0.0356. The molecule has 0 saturated carbocycles. The smallest absolute Gasteiger partial charge is 0.463 e. The van der Waals surface area contributed by atoms with Crippen molar-refractivity contribution in [1.29, 1.82) is 0 Å². The fourth-order valence-electron chi connectivity index (χ4n) is 5.00. The largest absolute Gasteiger partial charge is 0.500 e. The topological polar surface area (TPSA) is 90.9 Å². The lowest BCUT2D eigenvalue weighted by atomic mass is 10.0. The molecule has 0 unspecified atom stereocenters. The number of rotatable bonds is 39. The van der Waals surface area contributed by atoms with Crippen molar-refractivity contribution in [2.75, 3.05) is 92.3 Å². The van der Waals surface area contributed by atoms with Gasteiger partial charge in [0, 0.05) is 40.4 Å². The summed E-state index contributed by atoms with van der Waals surface area (Å²) in [5.41, 5.74) is 0. The summed E-state index contributed by atoms with van der Waals surface area (Å²) in [6.45, 7) is 6.91. The molecule has 9 nitrogen and oxygen atoms in total. The third-order valence-corrected chi connectivity index (χ3v) is 11.9. The predicted octanol–water partition coefficient (Wildman–Crippen LogP) is 8.25. The van der Waals surface area contributed by atoms with Crippen LogP contribution in [0.5, 0.6) is 0 Å². The van der Waals surface area contributed by atoms with Crippen molar-refractivity contribution >= 4 is 26.5 Å². The Bertz CT molecular complexity index is 606. The average Bonchev–Trinajstić information content (AvgIpc) is 3.07. The van der Waals surface area contributed by atoms with Crippen LogP contribution in [0.25, 0.3) is 0 Å². The molecule has 46 heavy (non-hydrogen) atoms. The van der Waals surface area contributed by atoms with Crippen molar-refractivity contribution < 1.29 is 41.8 Å². The van der Waals surface area contributed by atoms with Crippen LogP contribution in [0.3, 0.4) is 0 Å². The molecule has 0 atom stereocenters. The highest BCUT2D eigenvalue weighted by molar-refractivity contribution is 7.99. The van der Waals surface area contributed by atoms with Crippen LogP contribution in [0.15, 0.2) is 0 Å². The van der Waals surface area contributed by atoms with Crippen LogP contribution in [0.4, 0.5) is 0 Å². The molecule has 0 aliphatic rings. The Morgan fingerprint density at radius 1 is 0.478 bits per heavy atom. The summed E-state index contributed by atoms with van der Waals surface area (Å²) >= 11 is 1.92. The molecule has 0 amide bonds. The molecule has 0 spiro atoms. The zero-order chi connectivity index (χ0) is 33.7. The molecule has 276 valence electrons. The monoisotopic (exact) mass is 696 g/mol. The second-order valence-electron chi connectivity index (χ2n) is 11.7. The molecule has 0 aliphatic heterocycles. The lowest BCUT2D eigenvalue weighted by Crippen LogP contribution is -2.42. The summed E-state index contributed by atoms with van der Waals surface area (Å²) < 4.78 is 43.7. The van der Waals surface area contributed by atoms with Crippen molar-refractivity contribution in [3.63, 3.8) is 0 Å². The van der Waals surface area contributed by atoms with E-state index in [4.69, 9.17) is 37.0 Å². The second-order valence-corrected chi connectivity index (χ2v) is 16.1. The van der Waals surface area contributed by atoms with Gasteiger partial charge in [-0.1, -0.05) is 96.8 Å². The molecule has 0 aliphatic carbocycles. The Morgan fingerprint density at radius 3 is 1.33 bits per heavy atom. The lowest BCUT2D eigenvalue weighted by Gasteiger charge is -2.24. The summed E-state index contributed by atoms with van der Waals surface area (Å²) in [5, 5.41) is 0. The summed E-state index contributed by atoms with van der Waals surface area (Å²) in [5.74, 6) is 2.01. The third kappa shape index (κ3) is 32.3. The van der Waals surface area contributed by atoms with Gasteiger partial charge in [-0.3, -0.25) is 4.79 Å². The van der Waals surface area contributed by atoms with E-state index < -0.39 is 8.80 Å². The predicted molar refractivity (Wildman–Crippen MR) is 192 cm³/mol. The molecule has 0 aromatic rings. The molecule has 0 aromatic heterocycles. The van der Waals surface area contributed by atoms with Crippen molar-refractivity contribution in [3.05, 3.63) is 0 Å². The van der Waals surface area contributed by atoms with E-state index in [0.29, 0.717) is 59.3 Å². The van der Waals surface area contributed by atoms with E-state index in [2.05, 4.69) is 6.92 Å². The number of hydrogen-bond donors (Lipinski definition) is 0. The first kappa shape index (κ1) is 45.8. The normalized spacial score (nSPS) is 11.8. The zero-order valence-corrected chi connectivity index (χ0v) is 32.1. The molecule has 0 heterocycles. The van der Waals surface area contributed by atoms with E-state index in [-0.39, 0.29) is 5.97 Å². The van der Waals surface area contributed by atoms with Gasteiger partial charge in [-0.15, -0.1) is 0 Å². The van der Waals surface area contributed by atoms with Crippen LogP contribution in [0, 0.1) is 0 Å². The number of hydrogen-bond acceptors (Lipinski definition) is 10. The Kier molecular flexibility index (Phi) is 37.4. The molecule has 0 radical (unpaired) electrons. The van der Waals surface area contributed by atoms with Crippen molar-refractivity contribution in [1.82, 2.24) is 0 Å². The minimum atomic E-state index is -2.43. The van der Waals surface area contributed by atoms with Gasteiger partial charge in [0.2, 0.25) is 0 Å². The van der Waals surface area contributed by atoms with Gasteiger partial charge < -0.3 is 37.0 Å². The van der Waals surface area contributed by atoms with Gasteiger partial charge in [0.25, 0.3) is 0 Å². The Labute approximate surface area is 288 Å². The van der Waals surface area contributed by atoms with Crippen LogP contribution in [0.2, 0.25) is 6.04 Å². The van der Waals surface area contributed by atoms with Crippen LogP contribution >= 0.6 is 11.8 Å². The van der Waals surface area contributed by atoms with Gasteiger partial charge in [0.05, 0.1) is 46.2 Å². The van der Waals surface area contributed by atoms with E-state index >= 15 is 0 Å². The molecule has 0 saturated heterocycles. The van der Waals surface area contributed by atoms with E-state index in [1.807, 2.05) is 11.8 Å². The highest BCUT2D eigenvalue weighted by Gasteiger charge is 2.36. The van der Waals surface area contributed by atoms with Gasteiger partial charge in [0.15, 0.2) is 0 Å². The average molecular weight is 697 g/mol. The second kappa shape index (κ2) is 37.6. The van der Waals surface area contributed by atoms with Crippen molar-refractivity contribution in [2.45, 2.75) is 129 Å². The van der Waals surface area contributed by atoms with Gasteiger partial charge in [-0.2, -0.15) is 11.8 Å². The Balaban J connectivity index is 3.22. The van der Waals surface area contributed by atoms with E-state index in [0.717, 1.165) is 49.8 Å². The number of carbonyl (C=O) groups is 1. The SMILES string of the molecule is CCCCCCCCCCCCCCCCCC(=O)OCCOCCOCCOCCOCCCSCCC[Si](OC)(OC)OC. The highest BCUT2D eigenvalue weighted by atomic mass is 32.2. The molecular formula is C35H72O9SSi. The molecule has 0 aromatic carbocycles. The van der Waals surface area contributed by atoms with Crippen LogP contribution in [-0.4, -0.2) is 107 Å². The van der Waals surface area contributed by atoms with Crippen LogP contribution < -0.4 is 0 Å². The third-order valence-electron chi connectivity index (χ3n) is 7.87. The zero-order valence-electron chi connectivity index (χ0n) is 30.3. The number of carbonyl (C=O) groups excluding carboxylic acids is 1. The maximum atomic E-state index is 11.9. The lowest BCUT2D eigenvalue weighted by molar-refractivity contribution is -0.145. The molecule has 11 heteroatoms. The maximum Gasteiger partial charge on any atom is 0.500 e. The standard InChI is InChI=1S/C35H72O9SSi/c1-5-6-7-8-9-10-11-12-13-14-15-16-17-18-19-22-35(36)44-31-30-43-29-28-42-27-26-41-25-24-40-23-20-32-45-33-21-34-46(37-2,38-3)39-4/h5-34H2,1-4H3. The number of ether oxygens (including phenoxy) is 5. The summed E-state index contributed by atoms with van der Waals surface area (Å²) in [6, 6.07) is 0.838. The van der Waals surface area contributed by atoms with E-state index in [1.54, 1.807) is 21.3 Å². The summed E-state index contributed by atoms with van der Waals surface area (Å²) in [6.07, 6.45) is 22.4. The highest BCUT2D eigenvalue weighted by Crippen LogP contribution is 2.18. The van der Waals surface area contributed by atoms with Gasteiger partial charge >= 0.3 is 14.8 Å². The number of esters is 1. The van der Waals surface area contributed by atoms with Crippen LogP contribution in [-0.2, 0) is 41.8 Å². The van der Waals surface area contributed by atoms with Gasteiger partial charge in [0.1, 0.15) is 6.61 Å². The van der Waals surface area contributed by atoms with Gasteiger partial charge in [-0.05, 0) is 30.8 Å². The Morgan fingerprint density at radius 2 is 0.870 bits per heavy atom. The van der Waals surface area contributed by atoms with Crippen molar-refractivity contribution in [3.8, 4) is 0 Å². The number of unbranched alkanes of at least 4 members (excludes halogenated alkanes) is 14. The summed E-state index contributed by atoms with van der Waals surface area (Å²) in [7, 11) is 2.54. The molecule has 0 fully saturated rings. The molecular weight excluding hydrogens is 625 g/mol. The van der Waals surface area contributed by atoms with Crippen LogP contribution in [0.1, 0.15) is 122 Å². The first-order valence-corrected chi connectivity index (χ1v) is 21.4. The fourth-order valence-corrected chi connectivity index (χ4v) is 7.85. The number of thioether (sulfide) groups is 1. The first-order valence-electron chi connectivity index (χ1n) is 18.3. The van der Waals surface area contributed by atoms with E-state index in [1.165, 1.54) is 83.5 Å². The minimum absolute atomic E-state index is 0.119. The Hall–Kier alpha value is -0.243. The minimum Gasteiger partial charge on any atom is -0.463 e. The first-order chi connectivity index (χ1) is 22.6. The molecule has 0 N–H and O–H groups in total. The van der Waals surface area contributed by atoms with Crippen molar-refractivity contribution in [2.24, 2.45) is 0 Å². The van der Waals surface area contributed by atoms with Gasteiger partial charge in [-0.25, -0.2) is 0 Å². The fraction of sp³-hybridized carbons (Fsp3) is 0.971. The maximum absolute atomic E-state index is 11.9.